The van der Waals surface area contributed by atoms with Crippen LogP contribution in [0.25, 0.3) is 0 Å². The summed E-state index contributed by atoms with van der Waals surface area (Å²) in [6.07, 6.45) is -0.00424. The number of carbonyl (C=O) groups is 1. The van der Waals surface area contributed by atoms with Crippen LogP contribution in [0.5, 0.6) is 0 Å². The monoisotopic (exact) mass is 186 g/mol. The molecule has 1 fully saturated rings. The molecule has 4 heteroatoms. The number of rotatable bonds is 3. The topological polar surface area (TPSA) is 41.6 Å². The van der Waals surface area contributed by atoms with Gasteiger partial charge in [0.15, 0.2) is 0 Å². The highest BCUT2D eigenvalue weighted by molar-refractivity contribution is 5.71. The minimum atomic E-state index is -0.114. The molecule has 0 atom stereocenters. The van der Waals surface area contributed by atoms with Gasteiger partial charge in [0.1, 0.15) is 0 Å². The second kappa shape index (κ2) is 5.19. The predicted molar refractivity (Wildman–Crippen MR) is 50.5 cm³/mol. The second-order valence-electron chi connectivity index (χ2n) is 3.56. The summed E-state index contributed by atoms with van der Waals surface area (Å²) in [7, 11) is 0. The summed E-state index contributed by atoms with van der Waals surface area (Å²) < 4.78 is 5.05. The molecule has 4 nitrogen and oxygen atoms in total. The van der Waals surface area contributed by atoms with Gasteiger partial charge >= 0.3 is 5.97 Å². The van der Waals surface area contributed by atoms with E-state index in [1.54, 1.807) is 0 Å². The van der Waals surface area contributed by atoms with Gasteiger partial charge < -0.3 is 10.1 Å². The van der Waals surface area contributed by atoms with Gasteiger partial charge in [0, 0.05) is 26.2 Å². The van der Waals surface area contributed by atoms with E-state index in [0.29, 0.717) is 6.54 Å². The van der Waals surface area contributed by atoms with Crippen molar-refractivity contribution in [3.05, 3.63) is 0 Å². The lowest BCUT2D eigenvalue weighted by Crippen LogP contribution is -2.45. The van der Waals surface area contributed by atoms with Crippen molar-refractivity contribution in [1.82, 2.24) is 10.2 Å². The van der Waals surface area contributed by atoms with Crippen molar-refractivity contribution in [3.8, 4) is 0 Å². The average Bonchev–Trinajstić information content (AvgIpc) is 2.04. The molecule has 1 aliphatic rings. The van der Waals surface area contributed by atoms with Crippen LogP contribution in [0.1, 0.15) is 13.8 Å². The SMILES string of the molecule is CC(C)OC(=O)CN1CCNCC1. The summed E-state index contributed by atoms with van der Waals surface area (Å²) >= 11 is 0. The Morgan fingerprint density at radius 2 is 2.08 bits per heavy atom. The molecule has 0 saturated carbocycles. The summed E-state index contributed by atoms with van der Waals surface area (Å²) in [5, 5.41) is 3.23. The van der Waals surface area contributed by atoms with Gasteiger partial charge in [-0.25, -0.2) is 0 Å². The zero-order valence-corrected chi connectivity index (χ0v) is 8.38. The highest BCUT2D eigenvalue weighted by Crippen LogP contribution is 1.95. The van der Waals surface area contributed by atoms with Crippen LogP contribution in [-0.4, -0.2) is 49.7 Å². The molecular formula is C9H18N2O2. The summed E-state index contributed by atoms with van der Waals surface area (Å²) in [5.41, 5.74) is 0. The van der Waals surface area contributed by atoms with Gasteiger partial charge in [-0.15, -0.1) is 0 Å². The standard InChI is InChI=1S/C9H18N2O2/c1-8(2)13-9(12)7-11-5-3-10-4-6-11/h8,10H,3-7H2,1-2H3. The van der Waals surface area contributed by atoms with Crippen molar-refractivity contribution in [2.75, 3.05) is 32.7 Å². The van der Waals surface area contributed by atoms with E-state index in [0.717, 1.165) is 26.2 Å². The van der Waals surface area contributed by atoms with Crippen LogP contribution in [0.2, 0.25) is 0 Å². The normalized spacial score (nSPS) is 19.0. The molecule has 13 heavy (non-hydrogen) atoms. The number of ether oxygens (including phenoxy) is 1. The third kappa shape index (κ3) is 4.24. The minimum Gasteiger partial charge on any atom is -0.462 e. The molecule has 1 heterocycles. The van der Waals surface area contributed by atoms with Crippen LogP contribution >= 0.6 is 0 Å². The Morgan fingerprint density at radius 1 is 1.46 bits per heavy atom. The summed E-state index contributed by atoms with van der Waals surface area (Å²) in [6, 6.07) is 0. The molecule has 0 amide bonds. The van der Waals surface area contributed by atoms with E-state index in [4.69, 9.17) is 4.74 Å². The fourth-order valence-corrected chi connectivity index (χ4v) is 1.35. The Kier molecular flexibility index (Phi) is 4.18. The van der Waals surface area contributed by atoms with E-state index < -0.39 is 0 Å². The van der Waals surface area contributed by atoms with Gasteiger partial charge in [0.05, 0.1) is 12.6 Å². The van der Waals surface area contributed by atoms with Crippen molar-refractivity contribution in [2.45, 2.75) is 20.0 Å². The molecular weight excluding hydrogens is 168 g/mol. The molecule has 1 aliphatic heterocycles. The zero-order valence-electron chi connectivity index (χ0n) is 8.38. The predicted octanol–water partition coefficient (Wildman–Crippen LogP) is -0.157. The first kappa shape index (κ1) is 10.5. The average molecular weight is 186 g/mol. The fourth-order valence-electron chi connectivity index (χ4n) is 1.35. The highest BCUT2D eigenvalue weighted by Gasteiger charge is 2.14. The van der Waals surface area contributed by atoms with E-state index in [1.807, 2.05) is 13.8 Å². The lowest BCUT2D eigenvalue weighted by molar-refractivity contribution is -0.148. The van der Waals surface area contributed by atoms with Gasteiger partial charge in [-0.3, -0.25) is 9.69 Å². The Labute approximate surface area is 79.2 Å². The quantitative estimate of drug-likeness (QED) is 0.622. The van der Waals surface area contributed by atoms with Crippen molar-refractivity contribution in [3.63, 3.8) is 0 Å². The first-order chi connectivity index (χ1) is 6.18. The van der Waals surface area contributed by atoms with Crippen molar-refractivity contribution in [2.24, 2.45) is 0 Å². The van der Waals surface area contributed by atoms with Gasteiger partial charge in [-0.05, 0) is 13.8 Å². The van der Waals surface area contributed by atoms with Crippen LogP contribution < -0.4 is 5.32 Å². The van der Waals surface area contributed by atoms with Crippen LogP contribution in [-0.2, 0) is 9.53 Å². The zero-order chi connectivity index (χ0) is 9.68. The van der Waals surface area contributed by atoms with Crippen LogP contribution in [0.3, 0.4) is 0 Å². The third-order valence-electron chi connectivity index (χ3n) is 1.93. The molecule has 0 spiro atoms. The van der Waals surface area contributed by atoms with E-state index >= 15 is 0 Å². The molecule has 0 aromatic carbocycles. The minimum absolute atomic E-state index is 0.00424. The van der Waals surface area contributed by atoms with Crippen molar-refractivity contribution in [1.29, 1.82) is 0 Å². The molecule has 1 saturated heterocycles. The summed E-state index contributed by atoms with van der Waals surface area (Å²) in [5.74, 6) is -0.114. The van der Waals surface area contributed by atoms with Gasteiger partial charge in [0.2, 0.25) is 0 Å². The van der Waals surface area contributed by atoms with E-state index in [-0.39, 0.29) is 12.1 Å². The molecule has 0 aromatic heterocycles. The third-order valence-corrected chi connectivity index (χ3v) is 1.93. The largest absolute Gasteiger partial charge is 0.462 e. The Hall–Kier alpha value is -0.610. The maximum Gasteiger partial charge on any atom is 0.320 e. The highest BCUT2D eigenvalue weighted by atomic mass is 16.5. The number of hydrogen-bond acceptors (Lipinski definition) is 4. The molecule has 0 radical (unpaired) electrons. The lowest BCUT2D eigenvalue weighted by atomic mass is 10.3. The first-order valence-electron chi connectivity index (χ1n) is 4.81. The maximum absolute atomic E-state index is 11.2. The smallest absolute Gasteiger partial charge is 0.320 e. The van der Waals surface area contributed by atoms with Gasteiger partial charge in [-0.1, -0.05) is 0 Å². The Morgan fingerprint density at radius 3 is 2.62 bits per heavy atom. The lowest BCUT2D eigenvalue weighted by Gasteiger charge is -2.26. The van der Waals surface area contributed by atoms with Crippen LogP contribution in [0.15, 0.2) is 0 Å². The number of esters is 1. The first-order valence-corrected chi connectivity index (χ1v) is 4.81. The molecule has 0 bridgehead atoms. The van der Waals surface area contributed by atoms with Crippen molar-refractivity contribution < 1.29 is 9.53 Å². The maximum atomic E-state index is 11.2. The van der Waals surface area contributed by atoms with Gasteiger partial charge in [0.25, 0.3) is 0 Å². The van der Waals surface area contributed by atoms with E-state index in [1.165, 1.54) is 0 Å². The number of nitrogens with one attached hydrogen (secondary N) is 1. The molecule has 1 N–H and O–H groups in total. The van der Waals surface area contributed by atoms with Crippen LogP contribution in [0.4, 0.5) is 0 Å². The Bertz CT molecular complexity index is 165. The van der Waals surface area contributed by atoms with E-state index in [9.17, 15) is 4.79 Å². The summed E-state index contributed by atoms with van der Waals surface area (Å²) in [4.78, 5) is 13.3. The molecule has 1 rings (SSSR count). The van der Waals surface area contributed by atoms with Crippen molar-refractivity contribution >= 4 is 5.97 Å². The fraction of sp³-hybridized carbons (Fsp3) is 0.889. The van der Waals surface area contributed by atoms with Gasteiger partial charge in [-0.2, -0.15) is 0 Å². The van der Waals surface area contributed by atoms with E-state index in [2.05, 4.69) is 10.2 Å². The number of carbonyl (C=O) groups excluding carboxylic acids is 1. The number of hydrogen-bond donors (Lipinski definition) is 1. The Balaban J connectivity index is 2.18. The molecule has 0 aromatic rings. The molecule has 76 valence electrons. The van der Waals surface area contributed by atoms with Crippen LogP contribution in [0, 0.1) is 0 Å². The summed E-state index contributed by atoms with van der Waals surface area (Å²) in [6.45, 7) is 7.98. The number of nitrogens with zero attached hydrogens (tertiary/aromatic N) is 1. The second-order valence-corrected chi connectivity index (χ2v) is 3.56. The molecule has 0 unspecified atom stereocenters. The molecule has 0 aliphatic carbocycles. The number of piperazine rings is 1.